The van der Waals surface area contributed by atoms with Crippen LogP contribution in [0.1, 0.15) is 29.7 Å². The third-order valence-electron chi connectivity index (χ3n) is 3.10. The lowest BCUT2D eigenvalue weighted by Crippen LogP contribution is -2.06. The molecule has 1 nitrogen and oxygen atoms in total. The Bertz CT molecular complexity index is 360. The van der Waals surface area contributed by atoms with Gasteiger partial charge in [0, 0.05) is 11.6 Å². The van der Waals surface area contributed by atoms with Gasteiger partial charge in [0.2, 0.25) is 0 Å². The molecule has 0 fully saturated rings. The normalized spacial score (nSPS) is 25.1. The van der Waals surface area contributed by atoms with Gasteiger partial charge in [0.05, 0.1) is 6.10 Å². The predicted octanol–water partition coefficient (Wildman–Crippen LogP) is 3.64. The van der Waals surface area contributed by atoms with Crippen molar-refractivity contribution in [2.24, 2.45) is 5.92 Å². The smallest absolute Gasteiger partial charge is 0.0855 e. The van der Waals surface area contributed by atoms with Crippen LogP contribution in [0.3, 0.4) is 0 Å². The van der Waals surface area contributed by atoms with Gasteiger partial charge >= 0.3 is 0 Å². The molecule has 0 N–H and O–H groups in total. The second kappa shape index (κ2) is 3.67. The molecule has 0 heterocycles. The summed E-state index contributed by atoms with van der Waals surface area (Å²) in [5.41, 5.74) is 4.18. The van der Waals surface area contributed by atoms with E-state index < -0.39 is 0 Å². The van der Waals surface area contributed by atoms with Gasteiger partial charge in [-0.15, -0.1) is 0 Å². The van der Waals surface area contributed by atoms with E-state index >= 15 is 0 Å². The van der Waals surface area contributed by atoms with Crippen LogP contribution in [0, 0.1) is 12.8 Å². The molecule has 1 aliphatic rings. The maximum Gasteiger partial charge on any atom is 0.0855 e. The number of hydrogen-bond donors (Lipinski definition) is 0. The topological polar surface area (TPSA) is 9.23 Å². The van der Waals surface area contributed by atoms with Crippen LogP contribution in [0.25, 0.3) is 0 Å². The summed E-state index contributed by atoms with van der Waals surface area (Å²) in [6, 6.07) is 4.30. The number of aryl methyl sites for hydroxylation is 1. The number of benzene rings is 1. The van der Waals surface area contributed by atoms with E-state index in [0.717, 1.165) is 6.42 Å². The second-order valence-corrected chi connectivity index (χ2v) is 4.95. The van der Waals surface area contributed by atoms with Crippen molar-refractivity contribution in [3.8, 4) is 0 Å². The molecule has 2 rings (SSSR count). The van der Waals surface area contributed by atoms with Gasteiger partial charge in [-0.05, 0) is 42.0 Å². The average Bonchev–Trinajstić information content (AvgIpc) is 2.50. The highest BCUT2D eigenvalue weighted by atomic mass is 79.9. The predicted molar refractivity (Wildman–Crippen MR) is 61.5 cm³/mol. The van der Waals surface area contributed by atoms with Crippen LogP contribution in [-0.2, 0) is 11.2 Å². The van der Waals surface area contributed by atoms with E-state index in [1.54, 1.807) is 7.11 Å². The van der Waals surface area contributed by atoms with E-state index in [2.05, 4.69) is 41.9 Å². The zero-order valence-electron chi connectivity index (χ0n) is 8.80. The fourth-order valence-electron chi connectivity index (χ4n) is 2.42. The molecular formula is C12H15BrO. The van der Waals surface area contributed by atoms with Gasteiger partial charge in [0.25, 0.3) is 0 Å². The average molecular weight is 255 g/mol. The molecule has 1 aliphatic carbocycles. The lowest BCUT2D eigenvalue weighted by molar-refractivity contribution is 0.0691. The van der Waals surface area contributed by atoms with Crippen LogP contribution in [0.2, 0.25) is 0 Å². The van der Waals surface area contributed by atoms with Gasteiger partial charge in [-0.3, -0.25) is 0 Å². The first-order valence-electron chi connectivity index (χ1n) is 4.95. The zero-order chi connectivity index (χ0) is 10.3. The van der Waals surface area contributed by atoms with Crippen LogP contribution >= 0.6 is 15.9 Å². The van der Waals surface area contributed by atoms with Crippen molar-refractivity contribution in [3.63, 3.8) is 0 Å². The number of ether oxygens (including phenoxy) is 1. The first kappa shape index (κ1) is 10.2. The zero-order valence-corrected chi connectivity index (χ0v) is 10.4. The van der Waals surface area contributed by atoms with Crippen molar-refractivity contribution >= 4 is 15.9 Å². The fraction of sp³-hybridized carbons (Fsp3) is 0.500. The van der Waals surface area contributed by atoms with Crippen molar-refractivity contribution < 1.29 is 4.74 Å². The highest BCUT2D eigenvalue weighted by Gasteiger charge is 2.31. The Labute approximate surface area is 93.6 Å². The van der Waals surface area contributed by atoms with Gasteiger partial charge in [0.1, 0.15) is 0 Å². The van der Waals surface area contributed by atoms with E-state index in [1.807, 2.05) is 0 Å². The first-order valence-corrected chi connectivity index (χ1v) is 5.75. The lowest BCUT2D eigenvalue weighted by atomic mass is 10.0. The quantitative estimate of drug-likeness (QED) is 0.744. The molecule has 76 valence electrons. The van der Waals surface area contributed by atoms with E-state index in [1.165, 1.54) is 21.2 Å². The van der Waals surface area contributed by atoms with Crippen LogP contribution in [0.5, 0.6) is 0 Å². The SMILES string of the molecule is COC1c2c(C)ccc(Br)c2CC1C. The summed E-state index contributed by atoms with van der Waals surface area (Å²) >= 11 is 3.61. The minimum atomic E-state index is 0.280. The molecule has 0 amide bonds. The molecule has 0 bridgehead atoms. The Morgan fingerprint density at radius 2 is 2.14 bits per heavy atom. The van der Waals surface area contributed by atoms with E-state index in [0.29, 0.717) is 5.92 Å². The molecule has 1 aromatic rings. The summed E-state index contributed by atoms with van der Waals surface area (Å²) in [4.78, 5) is 0. The van der Waals surface area contributed by atoms with Crippen molar-refractivity contribution in [3.05, 3.63) is 33.3 Å². The fourth-order valence-corrected chi connectivity index (χ4v) is 2.93. The van der Waals surface area contributed by atoms with Crippen molar-refractivity contribution in [1.82, 2.24) is 0 Å². The number of halogens is 1. The molecule has 0 aliphatic heterocycles. The van der Waals surface area contributed by atoms with Crippen LogP contribution in [-0.4, -0.2) is 7.11 Å². The highest BCUT2D eigenvalue weighted by molar-refractivity contribution is 9.10. The van der Waals surface area contributed by atoms with E-state index in [9.17, 15) is 0 Å². The standard InChI is InChI=1S/C12H15BrO/c1-7-4-5-10(13)9-6-8(2)12(14-3)11(7)9/h4-5,8,12H,6H2,1-3H3. The van der Waals surface area contributed by atoms with Crippen LogP contribution in [0.4, 0.5) is 0 Å². The molecule has 2 atom stereocenters. The summed E-state index contributed by atoms with van der Waals surface area (Å²) in [5.74, 6) is 0.590. The third-order valence-corrected chi connectivity index (χ3v) is 3.84. The maximum atomic E-state index is 5.56. The van der Waals surface area contributed by atoms with Crippen molar-refractivity contribution in [2.45, 2.75) is 26.4 Å². The van der Waals surface area contributed by atoms with Gasteiger partial charge in [0.15, 0.2) is 0 Å². The number of hydrogen-bond acceptors (Lipinski definition) is 1. The lowest BCUT2D eigenvalue weighted by Gasteiger charge is -2.16. The summed E-state index contributed by atoms with van der Waals surface area (Å²) < 4.78 is 6.79. The molecule has 0 saturated heterocycles. The molecule has 2 heteroatoms. The molecular weight excluding hydrogens is 240 g/mol. The molecule has 0 aromatic heterocycles. The van der Waals surface area contributed by atoms with Gasteiger partial charge in [-0.1, -0.05) is 28.9 Å². The van der Waals surface area contributed by atoms with E-state index in [4.69, 9.17) is 4.74 Å². The Balaban J connectivity index is 2.57. The number of fused-ring (bicyclic) bond motifs is 1. The number of rotatable bonds is 1. The maximum absolute atomic E-state index is 5.56. The van der Waals surface area contributed by atoms with Gasteiger partial charge < -0.3 is 4.74 Å². The van der Waals surface area contributed by atoms with Crippen LogP contribution < -0.4 is 0 Å². The minimum absolute atomic E-state index is 0.280. The summed E-state index contributed by atoms with van der Waals surface area (Å²) in [5, 5.41) is 0. The summed E-state index contributed by atoms with van der Waals surface area (Å²) in [6.45, 7) is 4.41. The van der Waals surface area contributed by atoms with E-state index in [-0.39, 0.29) is 6.10 Å². The van der Waals surface area contributed by atoms with Gasteiger partial charge in [-0.25, -0.2) is 0 Å². The monoisotopic (exact) mass is 254 g/mol. The summed E-state index contributed by atoms with van der Waals surface area (Å²) in [7, 11) is 1.80. The minimum Gasteiger partial charge on any atom is -0.376 e. The number of methoxy groups -OCH3 is 1. The van der Waals surface area contributed by atoms with Gasteiger partial charge in [-0.2, -0.15) is 0 Å². The Morgan fingerprint density at radius 3 is 2.79 bits per heavy atom. The Hall–Kier alpha value is -0.340. The van der Waals surface area contributed by atoms with Crippen LogP contribution in [0.15, 0.2) is 16.6 Å². The Morgan fingerprint density at radius 1 is 1.43 bits per heavy atom. The third kappa shape index (κ3) is 1.41. The molecule has 0 radical (unpaired) electrons. The first-order chi connectivity index (χ1) is 6.65. The molecule has 14 heavy (non-hydrogen) atoms. The summed E-state index contributed by atoms with van der Waals surface area (Å²) in [6.07, 6.45) is 1.40. The molecule has 0 saturated carbocycles. The van der Waals surface area contributed by atoms with Crippen molar-refractivity contribution in [1.29, 1.82) is 0 Å². The second-order valence-electron chi connectivity index (χ2n) is 4.09. The highest BCUT2D eigenvalue weighted by Crippen LogP contribution is 2.42. The molecule has 2 unspecified atom stereocenters. The largest absolute Gasteiger partial charge is 0.376 e. The Kier molecular flexibility index (Phi) is 2.67. The van der Waals surface area contributed by atoms with Crippen molar-refractivity contribution in [2.75, 3.05) is 7.11 Å². The molecule has 0 spiro atoms. The molecule has 1 aromatic carbocycles.